The summed E-state index contributed by atoms with van der Waals surface area (Å²) in [6, 6.07) is 11.1. The first kappa shape index (κ1) is 33.7. The van der Waals surface area contributed by atoms with Gasteiger partial charge in [0.05, 0.1) is 35.7 Å². The number of nitrogens with one attached hydrogen (secondary N) is 2. The fourth-order valence-corrected chi connectivity index (χ4v) is 9.00. The number of piperidine rings is 1. The molecule has 2 amide bonds. The fraction of sp³-hybridized carbons (Fsp3) is 0.425. The van der Waals surface area contributed by atoms with Crippen molar-refractivity contribution in [3.05, 3.63) is 90.1 Å². The van der Waals surface area contributed by atoms with Gasteiger partial charge in [-0.2, -0.15) is 5.10 Å². The number of imidazole rings is 1. The number of hydrogen-bond acceptors (Lipinski definition) is 8. The molecular formula is C40H43F2N9O2. The average molecular weight is 720 g/mol. The third kappa shape index (κ3) is 6.45. The third-order valence-corrected chi connectivity index (χ3v) is 11.9. The lowest BCUT2D eigenvalue weighted by Crippen LogP contribution is -2.72. The van der Waals surface area contributed by atoms with Crippen molar-refractivity contribution in [3.63, 3.8) is 0 Å². The molecule has 3 aromatic heterocycles. The van der Waals surface area contributed by atoms with Crippen molar-refractivity contribution < 1.29 is 18.4 Å². The smallest absolute Gasteiger partial charge is 0.234 e. The number of halogens is 2. The molecule has 4 aliphatic rings. The summed E-state index contributed by atoms with van der Waals surface area (Å²) in [5.41, 5.74) is 5.07. The topological polar surface area (TPSA) is 113 Å². The van der Waals surface area contributed by atoms with Crippen LogP contribution in [0.4, 0.5) is 26.0 Å². The maximum absolute atomic E-state index is 14.7. The highest BCUT2D eigenvalue weighted by Gasteiger charge is 2.51. The molecule has 0 radical (unpaired) electrons. The van der Waals surface area contributed by atoms with E-state index in [9.17, 15) is 18.4 Å². The molecule has 53 heavy (non-hydrogen) atoms. The molecule has 0 bridgehead atoms. The third-order valence-electron chi connectivity index (χ3n) is 11.9. The van der Waals surface area contributed by atoms with Gasteiger partial charge in [0.2, 0.25) is 11.8 Å². The van der Waals surface area contributed by atoms with Crippen molar-refractivity contribution in [3.8, 4) is 11.3 Å². The van der Waals surface area contributed by atoms with Gasteiger partial charge in [-0.1, -0.05) is 12.1 Å². The second kappa shape index (κ2) is 13.4. The van der Waals surface area contributed by atoms with E-state index in [4.69, 9.17) is 0 Å². The Morgan fingerprint density at radius 3 is 2.51 bits per heavy atom. The summed E-state index contributed by atoms with van der Waals surface area (Å²) in [6.07, 6.45) is 15.6. The zero-order chi connectivity index (χ0) is 36.3. The lowest BCUT2D eigenvalue weighted by atomic mass is 9.72. The van der Waals surface area contributed by atoms with Gasteiger partial charge in [-0.25, -0.2) is 18.7 Å². The first-order chi connectivity index (χ1) is 25.7. The van der Waals surface area contributed by atoms with E-state index in [0.717, 1.165) is 55.7 Å². The molecule has 1 unspecified atom stereocenters. The lowest BCUT2D eigenvalue weighted by Gasteiger charge is -2.61. The largest absolute Gasteiger partial charge is 0.370 e. The molecule has 13 heteroatoms. The van der Waals surface area contributed by atoms with Gasteiger partial charge in [0.1, 0.15) is 11.6 Å². The Kier molecular flexibility index (Phi) is 8.48. The van der Waals surface area contributed by atoms with Gasteiger partial charge in [0.25, 0.3) is 0 Å². The standard InChI is InChI=1S/C40H43F2N9O2/c1-25-16-32(34(42)17-33(25)41)35-19-44-37(38-43-13-15-50(35)38)46-28-18-45-51(20-28)30-6-2-26(3-7-30)12-14-48-21-40(22-48)23-49(24-40)29-8-4-27(5-9-29)31-10-11-36(52)47-39(31)53/h4-5,8-9,13,15-20,26,30-31H,2-3,6-7,10-12,14,21-24H2,1H3,(H,44,46)(H,47,52,53). The summed E-state index contributed by atoms with van der Waals surface area (Å²) in [4.78, 5) is 37.8. The first-order valence-electron chi connectivity index (χ1n) is 18.7. The molecule has 1 saturated carbocycles. The molecule has 3 aliphatic heterocycles. The fourth-order valence-electron chi connectivity index (χ4n) is 9.00. The minimum Gasteiger partial charge on any atom is -0.370 e. The van der Waals surface area contributed by atoms with Crippen LogP contribution in [0.5, 0.6) is 0 Å². The van der Waals surface area contributed by atoms with Crippen molar-refractivity contribution >= 4 is 34.7 Å². The first-order valence-corrected chi connectivity index (χ1v) is 18.7. The van der Waals surface area contributed by atoms with Crippen LogP contribution in [0.1, 0.15) is 68.0 Å². The van der Waals surface area contributed by atoms with Crippen LogP contribution in [0.15, 0.2) is 67.4 Å². The molecule has 3 saturated heterocycles. The van der Waals surface area contributed by atoms with Crippen LogP contribution in [-0.4, -0.2) is 73.6 Å². The minimum absolute atomic E-state index is 0.178. The summed E-state index contributed by atoms with van der Waals surface area (Å²) in [5.74, 6) is -0.555. The Balaban J connectivity index is 0.724. The maximum Gasteiger partial charge on any atom is 0.234 e. The van der Waals surface area contributed by atoms with E-state index < -0.39 is 11.6 Å². The number of imide groups is 1. The predicted molar refractivity (Wildman–Crippen MR) is 197 cm³/mol. The van der Waals surface area contributed by atoms with Crippen LogP contribution < -0.4 is 15.5 Å². The van der Waals surface area contributed by atoms with Crippen LogP contribution in [0.3, 0.4) is 0 Å². The number of anilines is 3. The van der Waals surface area contributed by atoms with Crippen LogP contribution in [0.2, 0.25) is 0 Å². The van der Waals surface area contributed by atoms with E-state index in [2.05, 4.69) is 52.3 Å². The van der Waals surface area contributed by atoms with Gasteiger partial charge < -0.3 is 15.1 Å². The van der Waals surface area contributed by atoms with Crippen molar-refractivity contribution in [2.24, 2.45) is 11.3 Å². The number of likely N-dealkylation sites (tertiary alicyclic amines) is 1. The number of nitrogens with zero attached hydrogens (tertiary/aromatic N) is 7. The van der Waals surface area contributed by atoms with E-state index in [1.807, 2.05) is 24.5 Å². The molecule has 1 atom stereocenters. The Morgan fingerprint density at radius 1 is 0.943 bits per heavy atom. The number of carbonyl (C=O) groups excluding carboxylic acids is 2. The van der Waals surface area contributed by atoms with Crippen molar-refractivity contribution in [2.75, 3.05) is 42.9 Å². The summed E-state index contributed by atoms with van der Waals surface area (Å²) >= 11 is 0. The van der Waals surface area contributed by atoms with Crippen LogP contribution in [0.25, 0.3) is 16.9 Å². The number of amides is 2. The molecule has 6 heterocycles. The molecule has 4 fully saturated rings. The monoisotopic (exact) mass is 719 g/mol. The molecule has 1 spiro atoms. The van der Waals surface area contributed by atoms with Crippen LogP contribution in [0, 0.1) is 29.9 Å². The Morgan fingerprint density at radius 2 is 1.74 bits per heavy atom. The van der Waals surface area contributed by atoms with E-state index in [-0.39, 0.29) is 23.3 Å². The van der Waals surface area contributed by atoms with E-state index in [1.54, 1.807) is 29.9 Å². The van der Waals surface area contributed by atoms with Crippen LogP contribution in [-0.2, 0) is 9.59 Å². The number of fused-ring (bicyclic) bond motifs is 1. The van der Waals surface area contributed by atoms with E-state index in [1.165, 1.54) is 44.1 Å². The number of aryl methyl sites for hydroxylation is 1. The van der Waals surface area contributed by atoms with Crippen molar-refractivity contribution in [1.82, 2.24) is 34.4 Å². The van der Waals surface area contributed by atoms with Gasteiger partial charge in [0, 0.05) is 73.9 Å². The highest BCUT2D eigenvalue weighted by molar-refractivity contribution is 6.01. The van der Waals surface area contributed by atoms with Crippen molar-refractivity contribution in [2.45, 2.75) is 63.8 Å². The Bertz CT molecular complexity index is 2180. The molecule has 9 rings (SSSR count). The summed E-state index contributed by atoms with van der Waals surface area (Å²) < 4.78 is 32.4. The zero-order valence-electron chi connectivity index (χ0n) is 29.8. The molecule has 274 valence electrons. The van der Waals surface area contributed by atoms with Gasteiger partial charge >= 0.3 is 0 Å². The Hall–Kier alpha value is -5.17. The maximum atomic E-state index is 14.7. The lowest BCUT2D eigenvalue weighted by molar-refractivity contribution is -0.134. The van der Waals surface area contributed by atoms with Crippen LogP contribution >= 0.6 is 0 Å². The number of rotatable bonds is 9. The molecular weight excluding hydrogens is 676 g/mol. The summed E-state index contributed by atoms with van der Waals surface area (Å²) in [5, 5.41) is 10.5. The van der Waals surface area contributed by atoms with Crippen molar-refractivity contribution in [1.29, 1.82) is 0 Å². The Labute approximate surface area is 306 Å². The second-order valence-corrected chi connectivity index (χ2v) is 15.7. The zero-order valence-corrected chi connectivity index (χ0v) is 29.8. The number of hydrogen-bond donors (Lipinski definition) is 2. The predicted octanol–water partition coefficient (Wildman–Crippen LogP) is 6.39. The molecule has 5 aromatic rings. The summed E-state index contributed by atoms with van der Waals surface area (Å²) in [6.45, 7) is 7.27. The summed E-state index contributed by atoms with van der Waals surface area (Å²) in [7, 11) is 0. The number of carbonyl (C=O) groups is 2. The van der Waals surface area contributed by atoms with E-state index in [0.29, 0.717) is 47.0 Å². The molecule has 2 aromatic carbocycles. The molecule has 2 N–H and O–H groups in total. The highest BCUT2D eigenvalue weighted by atomic mass is 19.1. The van der Waals surface area contributed by atoms with Gasteiger partial charge in [0.15, 0.2) is 11.5 Å². The highest BCUT2D eigenvalue weighted by Crippen LogP contribution is 2.43. The minimum atomic E-state index is -0.647. The molecule has 11 nitrogen and oxygen atoms in total. The van der Waals surface area contributed by atoms with Gasteiger partial charge in [-0.15, -0.1) is 0 Å². The SMILES string of the molecule is Cc1cc(-c2cnc(Nc3cnn(C4CCC(CCN5CC6(C5)CN(c5ccc(C7CCC(=O)NC7=O)cc5)C6)CC4)c3)c3nccn23)c(F)cc1F. The number of benzene rings is 2. The normalized spacial score (nSPS) is 22.8. The quantitative estimate of drug-likeness (QED) is 0.169. The van der Waals surface area contributed by atoms with Gasteiger partial charge in [-0.3, -0.25) is 24.0 Å². The molecule has 1 aliphatic carbocycles. The van der Waals surface area contributed by atoms with Gasteiger partial charge in [-0.05, 0) is 87.2 Å². The average Bonchev–Trinajstić information content (AvgIpc) is 3.80. The van der Waals surface area contributed by atoms with E-state index >= 15 is 0 Å². The number of aromatic nitrogens is 5. The second-order valence-electron chi connectivity index (χ2n) is 15.7.